The molecule has 18 heavy (non-hydrogen) atoms. The molecule has 1 amide bonds. The van der Waals surface area contributed by atoms with Gasteiger partial charge in [-0.25, -0.2) is 0 Å². The van der Waals surface area contributed by atoms with Crippen LogP contribution in [0.3, 0.4) is 0 Å². The van der Waals surface area contributed by atoms with E-state index in [1.165, 1.54) is 6.26 Å². The van der Waals surface area contributed by atoms with Crippen LogP contribution >= 0.6 is 0 Å². The van der Waals surface area contributed by atoms with Crippen molar-refractivity contribution in [2.75, 3.05) is 39.3 Å². The first kappa shape index (κ1) is 13.1. The van der Waals surface area contributed by atoms with E-state index in [4.69, 9.17) is 4.42 Å². The molecule has 0 aromatic carbocycles. The van der Waals surface area contributed by atoms with Gasteiger partial charge in [0.2, 0.25) is 0 Å². The zero-order valence-corrected chi connectivity index (χ0v) is 10.9. The standard InChI is InChI=1S/C13H21N3O2/c1-11-9-12(10-18-11)13(17)15-3-2-6-16-7-4-14-5-8-16/h9-10,14H,2-8H2,1H3,(H,15,17). The maximum Gasteiger partial charge on any atom is 0.254 e. The molecule has 0 aliphatic carbocycles. The zero-order valence-electron chi connectivity index (χ0n) is 10.9. The summed E-state index contributed by atoms with van der Waals surface area (Å²) in [4.78, 5) is 14.1. The third-order valence-electron chi connectivity index (χ3n) is 3.14. The highest BCUT2D eigenvalue weighted by molar-refractivity contribution is 5.93. The van der Waals surface area contributed by atoms with Crippen LogP contribution in [0.2, 0.25) is 0 Å². The average Bonchev–Trinajstić information content (AvgIpc) is 2.82. The number of amides is 1. The number of rotatable bonds is 5. The lowest BCUT2D eigenvalue weighted by Crippen LogP contribution is -2.44. The first-order valence-corrected chi connectivity index (χ1v) is 6.52. The smallest absolute Gasteiger partial charge is 0.254 e. The summed E-state index contributed by atoms with van der Waals surface area (Å²) >= 11 is 0. The molecule has 0 radical (unpaired) electrons. The van der Waals surface area contributed by atoms with E-state index in [0.717, 1.165) is 44.9 Å². The predicted octanol–water partition coefficient (Wildman–Crippen LogP) is 0.613. The van der Waals surface area contributed by atoms with Crippen LogP contribution in [0.25, 0.3) is 0 Å². The van der Waals surface area contributed by atoms with Gasteiger partial charge in [-0.2, -0.15) is 0 Å². The number of piperazine rings is 1. The molecule has 0 saturated carbocycles. The second-order valence-corrected chi connectivity index (χ2v) is 4.65. The maximum atomic E-state index is 11.7. The molecule has 1 aromatic heterocycles. The van der Waals surface area contributed by atoms with Crippen molar-refractivity contribution in [1.82, 2.24) is 15.5 Å². The summed E-state index contributed by atoms with van der Waals surface area (Å²) in [5, 5.41) is 6.24. The molecular weight excluding hydrogens is 230 g/mol. The molecule has 0 bridgehead atoms. The Kier molecular flexibility index (Phi) is 4.78. The number of nitrogens with zero attached hydrogens (tertiary/aromatic N) is 1. The Labute approximate surface area is 108 Å². The molecule has 1 saturated heterocycles. The van der Waals surface area contributed by atoms with Crippen LogP contribution in [0.4, 0.5) is 0 Å². The van der Waals surface area contributed by atoms with Crippen LogP contribution in [0.5, 0.6) is 0 Å². The molecule has 1 fully saturated rings. The Hall–Kier alpha value is -1.33. The number of nitrogens with one attached hydrogen (secondary N) is 2. The number of hydrogen-bond acceptors (Lipinski definition) is 4. The van der Waals surface area contributed by atoms with Crippen LogP contribution in [0.15, 0.2) is 16.7 Å². The highest BCUT2D eigenvalue weighted by atomic mass is 16.3. The van der Waals surface area contributed by atoms with E-state index in [2.05, 4.69) is 15.5 Å². The minimum atomic E-state index is -0.0489. The summed E-state index contributed by atoms with van der Waals surface area (Å²) in [7, 11) is 0. The second kappa shape index (κ2) is 6.56. The van der Waals surface area contributed by atoms with Gasteiger partial charge >= 0.3 is 0 Å². The minimum Gasteiger partial charge on any atom is -0.469 e. The summed E-state index contributed by atoms with van der Waals surface area (Å²) in [5.41, 5.74) is 0.606. The topological polar surface area (TPSA) is 57.5 Å². The Morgan fingerprint density at radius 2 is 2.28 bits per heavy atom. The van der Waals surface area contributed by atoms with E-state index in [1.807, 2.05) is 6.92 Å². The fourth-order valence-corrected chi connectivity index (χ4v) is 2.10. The van der Waals surface area contributed by atoms with Gasteiger partial charge in [-0.1, -0.05) is 0 Å². The van der Waals surface area contributed by atoms with E-state index in [0.29, 0.717) is 12.1 Å². The fraction of sp³-hybridized carbons (Fsp3) is 0.615. The lowest BCUT2D eigenvalue weighted by atomic mass is 10.3. The largest absolute Gasteiger partial charge is 0.469 e. The molecule has 0 unspecified atom stereocenters. The van der Waals surface area contributed by atoms with Crippen molar-refractivity contribution in [2.45, 2.75) is 13.3 Å². The number of furan rings is 1. The van der Waals surface area contributed by atoms with Crippen molar-refractivity contribution in [2.24, 2.45) is 0 Å². The third kappa shape index (κ3) is 3.85. The molecule has 1 aliphatic rings. The van der Waals surface area contributed by atoms with Crippen LogP contribution in [-0.4, -0.2) is 50.1 Å². The van der Waals surface area contributed by atoms with E-state index in [9.17, 15) is 4.79 Å². The highest BCUT2D eigenvalue weighted by Crippen LogP contribution is 2.05. The summed E-state index contributed by atoms with van der Waals surface area (Å²) in [6.07, 6.45) is 2.49. The molecule has 5 heteroatoms. The summed E-state index contributed by atoms with van der Waals surface area (Å²) < 4.78 is 5.11. The van der Waals surface area contributed by atoms with Gasteiger partial charge < -0.3 is 20.0 Å². The summed E-state index contributed by atoms with van der Waals surface area (Å²) in [5.74, 6) is 0.716. The molecule has 0 spiro atoms. The van der Waals surface area contributed by atoms with Gasteiger partial charge in [-0.05, 0) is 26.0 Å². The molecule has 2 heterocycles. The van der Waals surface area contributed by atoms with Gasteiger partial charge in [0.1, 0.15) is 12.0 Å². The maximum absolute atomic E-state index is 11.7. The van der Waals surface area contributed by atoms with Gasteiger partial charge in [-0.3, -0.25) is 4.79 Å². The zero-order chi connectivity index (χ0) is 12.8. The molecule has 100 valence electrons. The van der Waals surface area contributed by atoms with Crippen molar-refractivity contribution >= 4 is 5.91 Å². The number of aryl methyl sites for hydroxylation is 1. The van der Waals surface area contributed by atoms with Crippen LogP contribution in [0.1, 0.15) is 22.5 Å². The Bertz CT molecular complexity index is 383. The Morgan fingerprint density at radius 3 is 2.94 bits per heavy atom. The van der Waals surface area contributed by atoms with Gasteiger partial charge in [0, 0.05) is 32.7 Å². The lowest BCUT2D eigenvalue weighted by Gasteiger charge is -2.27. The lowest BCUT2D eigenvalue weighted by molar-refractivity contribution is 0.0950. The molecular formula is C13H21N3O2. The van der Waals surface area contributed by atoms with Crippen LogP contribution in [0, 0.1) is 6.92 Å². The van der Waals surface area contributed by atoms with Crippen molar-refractivity contribution < 1.29 is 9.21 Å². The molecule has 0 atom stereocenters. The quantitative estimate of drug-likeness (QED) is 0.753. The minimum absolute atomic E-state index is 0.0489. The SMILES string of the molecule is Cc1cc(C(=O)NCCCN2CCNCC2)co1. The normalized spacial score (nSPS) is 16.7. The van der Waals surface area contributed by atoms with Crippen LogP contribution < -0.4 is 10.6 Å². The molecule has 5 nitrogen and oxygen atoms in total. The molecule has 1 aliphatic heterocycles. The van der Waals surface area contributed by atoms with E-state index in [1.54, 1.807) is 6.07 Å². The number of hydrogen-bond donors (Lipinski definition) is 2. The highest BCUT2D eigenvalue weighted by Gasteiger charge is 2.10. The van der Waals surface area contributed by atoms with Crippen molar-refractivity contribution in [3.05, 3.63) is 23.7 Å². The fourth-order valence-electron chi connectivity index (χ4n) is 2.10. The van der Waals surface area contributed by atoms with Gasteiger partial charge in [-0.15, -0.1) is 0 Å². The molecule has 1 aromatic rings. The summed E-state index contributed by atoms with van der Waals surface area (Å²) in [6, 6.07) is 1.76. The first-order chi connectivity index (χ1) is 8.75. The second-order valence-electron chi connectivity index (χ2n) is 4.65. The monoisotopic (exact) mass is 251 g/mol. The van der Waals surface area contributed by atoms with Gasteiger partial charge in [0.05, 0.1) is 5.56 Å². The van der Waals surface area contributed by atoms with E-state index >= 15 is 0 Å². The predicted molar refractivity (Wildman–Crippen MR) is 69.7 cm³/mol. The average molecular weight is 251 g/mol. The van der Waals surface area contributed by atoms with Crippen molar-refractivity contribution in [3.63, 3.8) is 0 Å². The number of carbonyl (C=O) groups excluding carboxylic acids is 1. The first-order valence-electron chi connectivity index (χ1n) is 6.52. The Morgan fingerprint density at radius 1 is 1.50 bits per heavy atom. The summed E-state index contributed by atoms with van der Waals surface area (Å²) in [6.45, 7) is 7.95. The van der Waals surface area contributed by atoms with Crippen molar-refractivity contribution in [1.29, 1.82) is 0 Å². The Balaban J connectivity index is 1.61. The van der Waals surface area contributed by atoms with E-state index in [-0.39, 0.29) is 5.91 Å². The molecule has 2 rings (SSSR count). The van der Waals surface area contributed by atoms with Gasteiger partial charge in [0.25, 0.3) is 5.91 Å². The molecule has 2 N–H and O–H groups in total. The van der Waals surface area contributed by atoms with Gasteiger partial charge in [0.15, 0.2) is 0 Å². The number of carbonyl (C=O) groups is 1. The van der Waals surface area contributed by atoms with E-state index < -0.39 is 0 Å². The third-order valence-corrected chi connectivity index (χ3v) is 3.14. The van der Waals surface area contributed by atoms with Crippen LogP contribution in [-0.2, 0) is 0 Å². The van der Waals surface area contributed by atoms with Crippen molar-refractivity contribution in [3.8, 4) is 0 Å².